The van der Waals surface area contributed by atoms with Crippen LogP contribution >= 0.6 is 0 Å². The van der Waals surface area contributed by atoms with Gasteiger partial charge < -0.3 is 20.1 Å². The topological polar surface area (TPSA) is 61.8 Å². The second kappa shape index (κ2) is 6.52. The van der Waals surface area contributed by atoms with Gasteiger partial charge in [0.1, 0.15) is 11.6 Å². The van der Waals surface area contributed by atoms with Crippen molar-refractivity contribution in [3.8, 4) is 16.9 Å². The number of fused-ring (bicyclic) bond motifs is 1. The van der Waals surface area contributed by atoms with E-state index in [1.54, 1.807) is 31.1 Å². The average molecular weight is 358 g/mol. The van der Waals surface area contributed by atoms with E-state index in [9.17, 15) is 14.3 Å². The maximum Gasteiger partial charge on any atom is 0.405 e. The highest BCUT2D eigenvalue weighted by Gasteiger charge is 2.38. The van der Waals surface area contributed by atoms with Crippen molar-refractivity contribution >= 4 is 11.8 Å². The van der Waals surface area contributed by atoms with Gasteiger partial charge >= 0.3 is 6.09 Å². The molecule has 0 saturated carbocycles. The van der Waals surface area contributed by atoms with E-state index in [-0.39, 0.29) is 17.3 Å². The largest absolute Gasteiger partial charge is 0.493 e. The van der Waals surface area contributed by atoms with Crippen molar-refractivity contribution in [2.45, 2.75) is 19.9 Å². The van der Waals surface area contributed by atoms with Gasteiger partial charge in [-0.15, -0.1) is 0 Å². The molecule has 1 aliphatic heterocycles. The van der Waals surface area contributed by atoms with Gasteiger partial charge in [0.2, 0.25) is 0 Å². The molecule has 1 amide bonds. The second-order valence-corrected chi connectivity index (χ2v) is 7.47. The fraction of sp³-hybridized carbons (Fsp3) is 0.350. The first kappa shape index (κ1) is 18.0. The van der Waals surface area contributed by atoms with E-state index in [1.165, 1.54) is 6.07 Å². The Hall–Kier alpha value is -2.76. The van der Waals surface area contributed by atoms with Crippen molar-refractivity contribution in [2.24, 2.45) is 5.41 Å². The lowest BCUT2D eigenvalue weighted by molar-refractivity contribution is 0.0996. The van der Waals surface area contributed by atoms with Gasteiger partial charge in [0.15, 0.2) is 0 Å². The van der Waals surface area contributed by atoms with Crippen molar-refractivity contribution < 1.29 is 19.0 Å². The molecule has 138 valence electrons. The summed E-state index contributed by atoms with van der Waals surface area (Å²) < 4.78 is 19.8. The molecule has 3 rings (SSSR count). The van der Waals surface area contributed by atoms with Crippen molar-refractivity contribution in [1.82, 2.24) is 5.32 Å². The number of amides is 1. The molecule has 1 heterocycles. The fourth-order valence-electron chi connectivity index (χ4n) is 3.28. The number of halogens is 1. The van der Waals surface area contributed by atoms with Crippen LogP contribution in [0.5, 0.6) is 5.75 Å². The highest BCUT2D eigenvalue weighted by atomic mass is 19.1. The zero-order chi connectivity index (χ0) is 19.1. The van der Waals surface area contributed by atoms with Crippen LogP contribution in [0.2, 0.25) is 0 Å². The summed E-state index contributed by atoms with van der Waals surface area (Å²) in [7, 11) is 3.59. The standard InChI is InChI=1S/C20H23FN2O3/c1-20(2)11-26-17-10-13(5-7-14(17)18(20)22-19(24)25)12-6-8-15(21)16(9-12)23(3)4/h5-10,18,22H,11H2,1-4H3,(H,24,25). The number of rotatable bonds is 3. The van der Waals surface area contributed by atoms with Crippen LogP contribution < -0.4 is 15.0 Å². The first-order valence-corrected chi connectivity index (χ1v) is 8.42. The molecule has 0 bridgehead atoms. The maximum absolute atomic E-state index is 13.9. The van der Waals surface area contributed by atoms with Crippen molar-refractivity contribution in [2.75, 3.05) is 25.6 Å². The highest BCUT2D eigenvalue weighted by molar-refractivity contribution is 5.71. The van der Waals surface area contributed by atoms with Crippen LogP contribution in [0.4, 0.5) is 14.9 Å². The maximum atomic E-state index is 13.9. The lowest BCUT2D eigenvalue weighted by Crippen LogP contribution is -2.43. The number of ether oxygens (including phenoxy) is 1. The highest BCUT2D eigenvalue weighted by Crippen LogP contribution is 2.44. The van der Waals surface area contributed by atoms with E-state index in [1.807, 2.05) is 32.0 Å². The number of hydrogen-bond donors (Lipinski definition) is 2. The Kier molecular flexibility index (Phi) is 4.52. The Balaban J connectivity index is 2.02. The molecule has 2 aromatic carbocycles. The normalized spacial score (nSPS) is 17.8. The molecule has 1 unspecified atom stereocenters. The second-order valence-electron chi connectivity index (χ2n) is 7.47. The number of anilines is 1. The zero-order valence-corrected chi connectivity index (χ0v) is 15.3. The van der Waals surface area contributed by atoms with Crippen molar-refractivity contribution in [1.29, 1.82) is 0 Å². The van der Waals surface area contributed by atoms with Crippen LogP contribution in [0.3, 0.4) is 0 Å². The monoisotopic (exact) mass is 358 g/mol. The molecule has 0 aliphatic carbocycles. The third kappa shape index (κ3) is 3.31. The third-order valence-corrected chi connectivity index (χ3v) is 4.73. The van der Waals surface area contributed by atoms with Crippen molar-refractivity contribution in [3.63, 3.8) is 0 Å². The Labute approximate surface area is 152 Å². The van der Waals surface area contributed by atoms with Crippen LogP contribution in [0, 0.1) is 11.2 Å². The van der Waals surface area contributed by atoms with Crippen LogP contribution in [0.1, 0.15) is 25.5 Å². The third-order valence-electron chi connectivity index (χ3n) is 4.73. The van der Waals surface area contributed by atoms with E-state index >= 15 is 0 Å². The number of nitrogens with one attached hydrogen (secondary N) is 1. The molecule has 6 heteroatoms. The molecule has 0 spiro atoms. The predicted molar refractivity (Wildman–Crippen MR) is 99.3 cm³/mol. The lowest BCUT2D eigenvalue weighted by atomic mass is 9.78. The summed E-state index contributed by atoms with van der Waals surface area (Å²) in [6.45, 7) is 4.34. The van der Waals surface area contributed by atoms with Crippen LogP contribution in [0.25, 0.3) is 11.1 Å². The molecule has 5 nitrogen and oxygen atoms in total. The summed E-state index contributed by atoms with van der Waals surface area (Å²) in [5.74, 6) is 0.372. The minimum atomic E-state index is -1.06. The van der Waals surface area contributed by atoms with Crippen LogP contribution in [0.15, 0.2) is 36.4 Å². The van der Waals surface area contributed by atoms with E-state index in [2.05, 4.69) is 5.32 Å². The molecule has 0 fully saturated rings. The number of hydrogen-bond acceptors (Lipinski definition) is 3. The van der Waals surface area contributed by atoms with E-state index < -0.39 is 6.09 Å². The molecule has 0 saturated heterocycles. The molecule has 2 aromatic rings. The van der Waals surface area contributed by atoms with Gasteiger partial charge in [0.05, 0.1) is 18.3 Å². The van der Waals surface area contributed by atoms with Gasteiger partial charge in [-0.3, -0.25) is 0 Å². The number of carboxylic acid groups (broad SMARTS) is 1. The molecule has 2 N–H and O–H groups in total. The summed E-state index contributed by atoms with van der Waals surface area (Å²) in [5, 5.41) is 11.8. The fourth-order valence-corrected chi connectivity index (χ4v) is 3.28. The average Bonchev–Trinajstić information content (AvgIpc) is 2.57. The Bertz CT molecular complexity index is 849. The molecule has 1 aliphatic rings. The van der Waals surface area contributed by atoms with Gasteiger partial charge in [-0.25, -0.2) is 9.18 Å². The summed E-state index contributed by atoms with van der Waals surface area (Å²) in [6.07, 6.45) is -1.06. The Morgan fingerprint density at radius 1 is 1.23 bits per heavy atom. The quantitative estimate of drug-likeness (QED) is 0.859. The van der Waals surface area contributed by atoms with E-state index in [4.69, 9.17) is 4.74 Å². The van der Waals surface area contributed by atoms with E-state index in [0.717, 1.165) is 16.7 Å². The molecule has 0 aromatic heterocycles. The smallest absolute Gasteiger partial charge is 0.405 e. The van der Waals surface area contributed by atoms with Crippen molar-refractivity contribution in [3.05, 3.63) is 47.8 Å². The van der Waals surface area contributed by atoms with Gasteiger partial charge in [0, 0.05) is 25.1 Å². The predicted octanol–water partition coefficient (Wildman–Crippen LogP) is 4.29. The SMILES string of the molecule is CN(C)c1cc(-c2ccc3c(c2)OCC(C)(C)C3NC(=O)O)ccc1F. The first-order valence-electron chi connectivity index (χ1n) is 8.42. The lowest BCUT2D eigenvalue weighted by Gasteiger charge is -2.39. The molecule has 1 atom stereocenters. The molecule has 26 heavy (non-hydrogen) atoms. The summed E-state index contributed by atoms with van der Waals surface area (Å²) >= 11 is 0. The molecular formula is C20H23FN2O3. The minimum absolute atomic E-state index is 0.277. The Morgan fingerprint density at radius 2 is 1.88 bits per heavy atom. The van der Waals surface area contributed by atoms with Gasteiger partial charge in [0.25, 0.3) is 0 Å². The minimum Gasteiger partial charge on any atom is -0.493 e. The number of carbonyl (C=O) groups is 1. The first-order chi connectivity index (χ1) is 12.2. The zero-order valence-electron chi connectivity index (χ0n) is 15.3. The Morgan fingerprint density at radius 3 is 2.54 bits per heavy atom. The number of benzene rings is 2. The van der Waals surface area contributed by atoms with Crippen LogP contribution in [-0.4, -0.2) is 31.9 Å². The summed E-state index contributed by atoms with van der Waals surface area (Å²) in [4.78, 5) is 12.9. The van der Waals surface area contributed by atoms with Gasteiger partial charge in [-0.05, 0) is 29.3 Å². The van der Waals surface area contributed by atoms with Gasteiger partial charge in [-0.1, -0.05) is 32.0 Å². The summed E-state index contributed by atoms with van der Waals surface area (Å²) in [6, 6.07) is 10.3. The molecule has 0 radical (unpaired) electrons. The van der Waals surface area contributed by atoms with E-state index in [0.29, 0.717) is 18.0 Å². The molecular weight excluding hydrogens is 335 g/mol. The van der Waals surface area contributed by atoms with Gasteiger partial charge in [-0.2, -0.15) is 0 Å². The summed E-state index contributed by atoms with van der Waals surface area (Å²) in [5.41, 5.74) is 2.71. The van der Waals surface area contributed by atoms with Crippen LogP contribution in [-0.2, 0) is 0 Å². The number of nitrogens with zero attached hydrogens (tertiary/aromatic N) is 1.